The lowest BCUT2D eigenvalue weighted by Gasteiger charge is -2.09. The zero-order chi connectivity index (χ0) is 14.1. The molecule has 1 aromatic heterocycles. The number of benzene rings is 2. The molecule has 0 bridgehead atoms. The average Bonchev–Trinajstić information content (AvgIpc) is 2.78. The summed E-state index contributed by atoms with van der Waals surface area (Å²) >= 11 is 1.62. The van der Waals surface area contributed by atoms with Gasteiger partial charge < -0.3 is 10.4 Å². The summed E-state index contributed by atoms with van der Waals surface area (Å²) in [5, 5.41) is 13.3. The van der Waals surface area contributed by atoms with Crippen molar-refractivity contribution in [1.29, 1.82) is 0 Å². The van der Waals surface area contributed by atoms with Gasteiger partial charge in [-0.2, -0.15) is 0 Å². The third kappa shape index (κ3) is 2.35. The number of fused-ring (bicyclic) bond motifs is 1. The predicted molar refractivity (Wildman–Crippen MR) is 81.0 cm³/mol. The van der Waals surface area contributed by atoms with Crippen LogP contribution in [0.2, 0.25) is 0 Å². The smallest absolute Gasteiger partial charge is 0.337 e. The molecule has 0 aliphatic rings. The maximum Gasteiger partial charge on any atom is 0.337 e. The van der Waals surface area contributed by atoms with E-state index in [2.05, 4.69) is 10.3 Å². The van der Waals surface area contributed by atoms with Crippen molar-refractivity contribution in [1.82, 2.24) is 4.98 Å². The second-order valence-electron chi connectivity index (χ2n) is 4.39. The number of aromatic nitrogens is 1. The first kappa shape index (κ1) is 12.6. The first-order chi connectivity index (χ1) is 9.63. The lowest BCUT2D eigenvalue weighted by atomic mass is 10.1. The standard InChI is InChI=1S/C15H12N2O2S/c1-9-16-13-7-6-10(8-14(13)20-9)17-12-5-3-2-4-11(12)15(18)19/h2-8,17H,1H3,(H,18,19). The van der Waals surface area contributed by atoms with Crippen LogP contribution in [0.1, 0.15) is 15.4 Å². The third-order valence-corrected chi connectivity index (χ3v) is 3.87. The summed E-state index contributed by atoms with van der Waals surface area (Å²) in [6.07, 6.45) is 0. The molecule has 5 heteroatoms. The van der Waals surface area contributed by atoms with E-state index in [-0.39, 0.29) is 5.56 Å². The number of nitrogens with zero attached hydrogens (tertiary/aromatic N) is 1. The Morgan fingerprint density at radius 1 is 1.25 bits per heavy atom. The fourth-order valence-electron chi connectivity index (χ4n) is 2.05. The lowest BCUT2D eigenvalue weighted by Crippen LogP contribution is -2.02. The van der Waals surface area contributed by atoms with Gasteiger partial charge in [-0.15, -0.1) is 11.3 Å². The Bertz CT molecular complexity index is 795. The van der Waals surface area contributed by atoms with Crippen molar-refractivity contribution in [2.75, 3.05) is 5.32 Å². The van der Waals surface area contributed by atoms with Crippen molar-refractivity contribution in [3.63, 3.8) is 0 Å². The van der Waals surface area contributed by atoms with Gasteiger partial charge in [-0.1, -0.05) is 12.1 Å². The van der Waals surface area contributed by atoms with Gasteiger partial charge >= 0.3 is 5.97 Å². The zero-order valence-electron chi connectivity index (χ0n) is 10.8. The van der Waals surface area contributed by atoms with Crippen LogP contribution in [0.4, 0.5) is 11.4 Å². The van der Waals surface area contributed by atoms with E-state index in [4.69, 9.17) is 0 Å². The van der Waals surface area contributed by atoms with Crippen molar-refractivity contribution in [3.8, 4) is 0 Å². The molecule has 0 radical (unpaired) electrons. The van der Waals surface area contributed by atoms with Gasteiger partial charge in [0.2, 0.25) is 0 Å². The number of aryl methyl sites for hydroxylation is 1. The molecular formula is C15H12N2O2S. The van der Waals surface area contributed by atoms with E-state index in [1.807, 2.05) is 31.2 Å². The van der Waals surface area contributed by atoms with Crippen LogP contribution in [-0.4, -0.2) is 16.1 Å². The highest BCUT2D eigenvalue weighted by atomic mass is 32.1. The summed E-state index contributed by atoms with van der Waals surface area (Å²) in [7, 11) is 0. The van der Waals surface area contributed by atoms with Crippen LogP contribution in [0, 0.1) is 6.92 Å². The molecule has 3 rings (SSSR count). The monoisotopic (exact) mass is 284 g/mol. The summed E-state index contributed by atoms with van der Waals surface area (Å²) in [5.41, 5.74) is 2.66. The highest BCUT2D eigenvalue weighted by molar-refractivity contribution is 7.18. The Hall–Kier alpha value is -2.40. The van der Waals surface area contributed by atoms with Crippen molar-refractivity contribution in [2.24, 2.45) is 0 Å². The molecule has 2 aromatic carbocycles. The van der Waals surface area contributed by atoms with Crippen LogP contribution in [0.3, 0.4) is 0 Å². The minimum absolute atomic E-state index is 0.257. The van der Waals surface area contributed by atoms with E-state index < -0.39 is 5.97 Å². The lowest BCUT2D eigenvalue weighted by molar-refractivity contribution is 0.0698. The van der Waals surface area contributed by atoms with E-state index in [9.17, 15) is 9.90 Å². The first-order valence-corrected chi connectivity index (χ1v) is 6.92. The number of hydrogen-bond donors (Lipinski definition) is 2. The normalized spacial score (nSPS) is 10.7. The molecule has 0 aliphatic heterocycles. The molecule has 0 fully saturated rings. The van der Waals surface area contributed by atoms with E-state index in [1.165, 1.54) is 0 Å². The van der Waals surface area contributed by atoms with Crippen molar-refractivity contribution < 1.29 is 9.90 Å². The Labute approximate surface area is 119 Å². The van der Waals surface area contributed by atoms with Crippen molar-refractivity contribution in [3.05, 3.63) is 53.0 Å². The molecule has 3 aromatic rings. The zero-order valence-corrected chi connectivity index (χ0v) is 11.6. The summed E-state index contributed by atoms with van der Waals surface area (Å²) in [4.78, 5) is 15.6. The maximum atomic E-state index is 11.2. The van der Waals surface area contributed by atoms with E-state index in [1.54, 1.807) is 29.5 Å². The van der Waals surface area contributed by atoms with E-state index >= 15 is 0 Å². The molecule has 0 aliphatic carbocycles. The molecule has 0 saturated carbocycles. The summed E-state index contributed by atoms with van der Waals surface area (Å²) in [6.45, 7) is 1.97. The van der Waals surface area contributed by atoms with Crippen LogP contribution < -0.4 is 5.32 Å². The summed E-state index contributed by atoms with van der Waals surface area (Å²) in [6, 6.07) is 12.7. The number of para-hydroxylation sites is 1. The minimum atomic E-state index is -0.942. The number of aromatic carboxylic acids is 1. The first-order valence-electron chi connectivity index (χ1n) is 6.10. The summed E-state index contributed by atoms with van der Waals surface area (Å²) in [5.74, 6) is -0.942. The number of nitrogens with one attached hydrogen (secondary N) is 1. The largest absolute Gasteiger partial charge is 0.478 e. The SMILES string of the molecule is Cc1nc2ccc(Nc3ccccc3C(=O)O)cc2s1. The number of rotatable bonds is 3. The number of carboxylic acid groups (broad SMARTS) is 1. The van der Waals surface area contributed by atoms with Crippen LogP contribution in [0.15, 0.2) is 42.5 Å². The fraction of sp³-hybridized carbons (Fsp3) is 0.0667. The van der Waals surface area contributed by atoms with Gasteiger partial charge in [0.15, 0.2) is 0 Å². The third-order valence-electron chi connectivity index (χ3n) is 2.93. The molecular weight excluding hydrogens is 272 g/mol. The molecule has 0 unspecified atom stereocenters. The molecule has 2 N–H and O–H groups in total. The van der Waals surface area contributed by atoms with Gasteiger partial charge in [0.1, 0.15) is 0 Å². The molecule has 20 heavy (non-hydrogen) atoms. The minimum Gasteiger partial charge on any atom is -0.478 e. The number of anilines is 2. The molecule has 0 saturated heterocycles. The van der Waals surface area contributed by atoms with E-state index in [0.29, 0.717) is 5.69 Å². The number of carbonyl (C=O) groups is 1. The van der Waals surface area contributed by atoms with Crippen molar-refractivity contribution >= 4 is 38.9 Å². The second-order valence-corrected chi connectivity index (χ2v) is 5.63. The predicted octanol–water partition coefficient (Wildman–Crippen LogP) is 4.05. The number of carboxylic acids is 1. The molecule has 1 heterocycles. The van der Waals surface area contributed by atoms with E-state index in [0.717, 1.165) is 20.9 Å². The Kier molecular flexibility index (Phi) is 3.12. The number of hydrogen-bond acceptors (Lipinski definition) is 4. The van der Waals surface area contributed by atoms with Gasteiger partial charge in [-0.3, -0.25) is 0 Å². The van der Waals surface area contributed by atoms with Crippen LogP contribution in [0.5, 0.6) is 0 Å². The van der Waals surface area contributed by atoms with Crippen molar-refractivity contribution in [2.45, 2.75) is 6.92 Å². The summed E-state index contributed by atoms with van der Waals surface area (Å²) < 4.78 is 1.08. The van der Waals surface area contributed by atoms with Gasteiger partial charge in [0.25, 0.3) is 0 Å². The highest BCUT2D eigenvalue weighted by Gasteiger charge is 2.09. The van der Waals surface area contributed by atoms with Crippen LogP contribution in [-0.2, 0) is 0 Å². The van der Waals surface area contributed by atoms with Gasteiger partial charge in [-0.05, 0) is 37.3 Å². The van der Waals surface area contributed by atoms with Gasteiger partial charge in [0, 0.05) is 5.69 Å². The highest BCUT2D eigenvalue weighted by Crippen LogP contribution is 2.27. The topological polar surface area (TPSA) is 62.2 Å². The molecule has 4 nitrogen and oxygen atoms in total. The maximum absolute atomic E-state index is 11.2. The Morgan fingerprint density at radius 3 is 2.85 bits per heavy atom. The Morgan fingerprint density at radius 2 is 2.05 bits per heavy atom. The second kappa shape index (κ2) is 4.94. The van der Waals surface area contributed by atoms with Crippen LogP contribution >= 0.6 is 11.3 Å². The molecule has 0 atom stereocenters. The fourth-order valence-corrected chi connectivity index (χ4v) is 2.92. The van der Waals surface area contributed by atoms with Gasteiger partial charge in [-0.25, -0.2) is 9.78 Å². The number of thiazole rings is 1. The molecule has 0 spiro atoms. The quantitative estimate of drug-likeness (QED) is 0.761. The molecule has 100 valence electrons. The molecule has 0 amide bonds. The van der Waals surface area contributed by atoms with Crippen LogP contribution in [0.25, 0.3) is 10.2 Å². The Balaban J connectivity index is 1.98. The van der Waals surface area contributed by atoms with Gasteiger partial charge in [0.05, 0.1) is 26.5 Å². The average molecular weight is 284 g/mol.